The molecule has 0 spiro atoms. The van der Waals surface area contributed by atoms with Crippen molar-refractivity contribution in [1.29, 1.82) is 0 Å². The van der Waals surface area contributed by atoms with Crippen LogP contribution in [0.3, 0.4) is 0 Å². The standard InChI is InChI=1S/C16H20F6O6S/c17-15(18,19)14(16(20,21)22,8-29(25,26)27)28-11(23)6-12-2-9-1-10(3-12)5-13(24,4-9)7-12/h9-10,24H,1-8H2,(H,25,26,27). The van der Waals surface area contributed by atoms with Crippen molar-refractivity contribution in [2.45, 2.75) is 68.5 Å². The first-order valence-corrected chi connectivity index (χ1v) is 10.5. The van der Waals surface area contributed by atoms with Crippen LogP contribution in [0, 0.1) is 17.3 Å². The van der Waals surface area contributed by atoms with Crippen molar-refractivity contribution >= 4 is 16.1 Å². The number of aliphatic hydroxyl groups is 1. The highest BCUT2D eigenvalue weighted by Crippen LogP contribution is 2.63. The van der Waals surface area contributed by atoms with Crippen molar-refractivity contribution < 1.29 is 54.0 Å². The molecule has 168 valence electrons. The average Bonchev–Trinajstić information content (AvgIpc) is 2.38. The average molecular weight is 454 g/mol. The molecule has 2 N–H and O–H groups in total. The molecule has 4 rings (SSSR count). The smallest absolute Gasteiger partial charge is 0.438 e. The number of hydrogen-bond acceptors (Lipinski definition) is 5. The van der Waals surface area contributed by atoms with E-state index in [0.717, 1.165) is 6.42 Å². The molecule has 0 aromatic heterocycles. The number of ether oxygens (including phenoxy) is 1. The molecule has 2 atom stereocenters. The van der Waals surface area contributed by atoms with Gasteiger partial charge in [-0.15, -0.1) is 0 Å². The SMILES string of the molecule is O=C(CC12CC3CC(CC(O)(C3)C1)C2)OC(CS(=O)(=O)O)(C(F)(F)F)C(F)(F)F. The minimum Gasteiger partial charge on any atom is -0.438 e. The van der Waals surface area contributed by atoms with E-state index in [1.165, 1.54) is 0 Å². The predicted octanol–water partition coefficient (Wildman–Crippen LogP) is 3.00. The third-order valence-corrected chi connectivity index (χ3v) is 7.03. The zero-order chi connectivity index (χ0) is 22.1. The van der Waals surface area contributed by atoms with Crippen LogP contribution in [0.15, 0.2) is 0 Å². The van der Waals surface area contributed by atoms with E-state index in [0.29, 0.717) is 25.7 Å². The Morgan fingerprint density at radius 2 is 1.48 bits per heavy atom. The molecule has 0 heterocycles. The minimum atomic E-state index is -6.34. The van der Waals surface area contributed by atoms with Gasteiger partial charge in [-0.05, 0) is 55.8 Å². The van der Waals surface area contributed by atoms with Crippen LogP contribution in [0.4, 0.5) is 26.3 Å². The summed E-state index contributed by atoms with van der Waals surface area (Å²) in [5.74, 6) is -4.72. The normalized spacial score (nSPS) is 35.0. The summed E-state index contributed by atoms with van der Waals surface area (Å²) in [7, 11) is -5.81. The highest BCUT2D eigenvalue weighted by molar-refractivity contribution is 7.85. The molecule has 4 saturated carbocycles. The maximum atomic E-state index is 13.3. The first-order chi connectivity index (χ1) is 12.9. The van der Waals surface area contributed by atoms with Crippen LogP contribution < -0.4 is 0 Å². The Hall–Kier alpha value is -1.08. The van der Waals surface area contributed by atoms with E-state index in [9.17, 15) is 44.7 Å². The molecule has 6 nitrogen and oxygen atoms in total. The van der Waals surface area contributed by atoms with Crippen LogP contribution in [-0.2, 0) is 19.6 Å². The Morgan fingerprint density at radius 1 is 1.00 bits per heavy atom. The van der Waals surface area contributed by atoms with Crippen molar-refractivity contribution in [2.75, 3.05) is 5.75 Å². The van der Waals surface area contributed by atoms with Gasteiger partial charge in [-0.3, -0.25) is 9.35 Å². The number of hydrogen-bond donors (Lipinski definition) is 2. The lowest BCUT2D eigenvalue weighted by Gasteiger charge is -2.60. The van der Waals surface area contributed by atoms with Gasteiger partial charge in [0.2, 0.25) is 0 Å². The first kappa shape index (κ1) is 22.6. The highest BCUT2D eigenvalue weighted by atomic mass is 32.2. The second-order valence-corrected chi connectivity index (χ2v) is 10.3. The van der Waals surface area contributed by atoms with Gasteiger partial charge in [0.1, 0.15) is 5.75 Å². The fourth-order valence-corrected chi connectivity index (χ4v) is 6.77. The van der Waals surface area contributed by atoms with Gasteiger partial charge >= 0.3 is 23.9 Å². The van der Waals surface area contributed by atoms with Crippen LogP contribution in [0.25, 0.3) is 0 Å². The summed E-state index contributed by atoms with van der Waals surface area (Å²) in [5, 5.41) is 10.6. The van der Waals surface area contributed by atoms with Crippen molar-refractivity contribution in [3.8, 4) is 0 Å². The third-order valence-electron chi connectivity index (χ3n) is 6.26. The Kier molecular flexibility index (Phi) is 5.03. The first-order valence-electron chi connectivity index (χ1n) is 8.91. The molecule has 0 radical (unpaired) electrons. The van der Waals surface area contributed by atoms with Gasteiger partial charge in [0, 0.05) is 0 Å². The van der Waals surface area contributed by atoms with E-state index in [2.05, 4.69) is 4.74 Å². The number of carbonyl (C=O) groups excluding carboxylic acids is 1. The Bertz CT molecular complexity index is 761. The number of halogens is 6. The van der Waals surface area contributed by atoms with E-state index >= 15 is 0 Å². The Labute approximate surface area is 162 Å². The maximum Gasteiger partial charge on any atom is 0.438 e. The molecule has 4 fully saturated rings. The lowest BCUT2D eigenvalue weighted by molar-refractivity contribution is -0.362. The monoisotopic (exact) mass is 454 g/mol. The lowest BCUT2D eigenvalue weighted by atomic mass is 9.47. The van der Waals surface area contributed by atoms with Gasteiger partial charge in [-0.1, -0.05) is 0 Å². The zero-order valence-electron chi connectivity index (χ0n) is 15.0. The molecule has 0 aromatic rings. The fraction of sp³-hybridized carbons (Fsp3) is 0.938. The maximum absolute atomic E-state index is 13.3. The minimum absolute atomic E-state index is 0.0156. The quantitative estimate of drug-likeness (QED) is 0.376. The summed E-state index contributed by atoms with van der Waals surface area (Å²) in [6.45, 7) is 0. The van der Waals surface area contributed by atoms with Gasteiger partial charge in [0.15, 0.2) is 0 Å². The van der Waals surface area contributed by atoms with Crippen molar-refractivity contribution in [3.63, 3.8) is 0 Å². The zero-order valence-corrected chi connectivity index (χ0v) is 15.8. The summed E-state index contributed by atoms with van der Waals surface area (Å²) < 4.78 is 114. The molecule has 2 unspecified atom stereocenters. The molecule has 0 saturated heterocycles. The van der Waals surface area contributed by atoms with Crippen LogP contribution >= 0.6 is 0 Å². The fourth-order valence-electron chi connectivity index (χ4n) is 5.87. The molecule has 4 aliphatic rings. The molecular formula is C16H20F6O6S. The van der Waals surface area contributed by atoms with Crippen LogP contribution in [0.1, 0.15) is 44.9 Å². The molecular weight excluding hydrogens is 434 g/mol. The van der Waals surface area contributed by atoms with E-state index in [4.69, 9.17) is 4.55 Å². The number of carbonyl (C=O) groups is 1. The second kappa shape index (κ2) is 6.46. The third kappa shape index (κ3) is 4.22. The van der Waals surface area contributed by atoms with E-state index in [1.807, 2.05) is 0 Å². The molecule has 4 aliphatic carbocycles. The number of alkyl halides is 6. The molecule has 13 heteroatoms. The van der Waals surface area contributed by atoms with Crippen molar-refractivity contribution in [3.05, 3.63) is 0 Å². The van der Waals surface area contributed by atoms with E-state index in [-0.39, 0.29) is 18.3 Å². The second-order valence-electron chi connectivity index (χ2n) is 8.89. The van der Waals surface area contributed by atoms with Gasteiger partial charge in [0.05, 0.1) is 12.0 Å². The van der Waals surface area contributed by atoms with Gasteiger partial charge < -0.3 is 9.84 Å². The largest absolute Gasteiger partial charge is 0.438 e. The van der Waals surface area contributed by atoms with E-state index < -0.39 is 57.2 Å². The molecule has 4 bridgehead atoms. The summed E-state index contributed by atoms with van der Waals surface area (Å²) in [6.07, 6.45) is -11.0. The lowest BCUT2D eigenvalue weighted by Crippen LogP contribution is -2.64. The topological polar surface area (TPSA) is 101 Å². The van der Waals surface area contributed by atoms with Crippen LogP contribution in [-0.4, -0.2) is 53.4 Å². The van der Waals surface area contributed by atoms with Gasteiger partial charge in [0.25, 0.3) is 10.1 Å². The van der Waals surface area contributed by atoms with Crippen LogP contribution in [0.5, 0.6) is 0 Å². The number of rotatable bonds is 5. The van der Waals surface area contributed by atoms with Crippen molar-refractivity contribution in [2.24, 2.45) is 17.3 Å². The summed E-state index contributed by atoms with van der Waals surface area (Å²) in [6, 6.07) is 0. The number of esters is 1. The van der Waals surface area contributed by atoms with Gasteiger partial charge in [-0.2, -0.15) is 34.8 Å². The highest BCUT2D eigenvalue weighted by Gasteiger charge is 2.76. The van der Waals surface area contributed by atoms with Crippen molar-refractivity contribution in [1.82, 2.24) is 0 Å². The molecule has 0 amide bonds. The molecule has 29 heavy (non-hydrogen) atoms. The molecule has 0 aromatic carbocycles. The Balaban J connectivity index is 1.88. The van der Waals surface area contributed by atoms with E-state index in [1.54, 1.807) is 0 Å². The summed E-state index contributed by atoms with van der Waals surface area (Å²) >= 11 is 0. The van der Waals surface area contributed by atoms with Gasteiger partial charge in [-0.25, -0.2) is 0 Å². The Morgan fingerprint density at radius 3 is 1.86 bits per heavy atom. The summed E-state index contributed by atoms with van der Waals surface area (Å²) in [4.78, 5) is 12.2. The molecule has 0 aliphatic heterocycles. The van der Waals surface area contributed by atoms with Crippen LogP contribution in [0.2, 0.25) is 0 Å². The summed E-state index contributed by atoms with van der Waals surface area (Å²) in [5.41, 5.74) is -7.48. The predicted molar refractivity (Wildman–Crippen MR) is 84.0 cm³/mol.